The Kier molecular flexibility index (Phi) is 3.85. The molecule has 0 bridgehead atoms. The van der Waals surface area contributed by atoms with E-state index in [1.54, 1.807) is 7.11 Å². The third kappa shape index (κ3) is 3.12. The van der Waals surface area contributed by atoms with Crippen molar-refractivity contribution in [3.63, 3.8) is 0 Å². The second kappa shape index (κ2) is 4.94. The molecule has 1 fully saturated rings. The normalized spacial score (nSPS) is 22.1. The van der Waals surface area contributed by atoms with Crippen LogP contribution < -0.4 is 10.6 Å². The van der Waals surface area contributed by atoms with E-state index in [1.165, 1.54) is 0 Å². The molecule has 1 aliphatic heterocycles. The van der Waals surface area contributed by atoms with Gasteiger partial charge in [-0.05, 0) is 13.0 Å². The van der Waals surface area contributed by atoms with E-state index in [-0.39, 0.29) is 24.3 Å². The molecular formula is C8H14N2O3. The molecule has 2 N–H and O–H groups in total. The van der Waals surface area contributed by atoms with Gasteiger partial charge in [-0.25, -0.2) is 0 Å². The van der Waals surface area contributed by atoms with Crippen LogP contribution in [0.5, 0.6) is 0 Å². The number of carbonyl (C=O) groups excluding carboxylic acids is 2. The molecule has 0 aliphatic carbocycles. The zero-order chi connectivity index (χ0) is 9.68. The summed E-state index contributed by atoms with van der Waals surface area (Å²) in [4.78, 5) is 21.8. The SMILES string of the molecule is COCCCNC1CC(=O)NC1=O. The molecule has 1 rings (SSSR count). The zero-order valence-electron chi connectivity index (χ0n) is 7.63. The summed E-state index contributed by atoms with van der Waals surface area (Å²) in [6.07, 6.45) is 1.10. The topological polar surface area (TPSA) is 67.4 Å². The number of rotatable bonds is 5. The van der Waals surface area contributed by atoms with E-state index in [0.29, 0.717) is 13.2 Å². The zero-order valence-corrected chi connectivity index (χ0v) is 7.63. The van der Waals surface area contributed by atoms with Crippen LogP contribution in [0.4, 0.5) is 0 Å². The molecule has 1 heterocycles. The maximum absolute atomic E-state index is 11.0. The first-order valence-corrected chi connectivity index (χ1v) is 4.30. The molecule has 1 saturated heterocycles. The van der Waals surface area contributed by atoms with Gasteiger partial charge in [0.15, 0.2) is 0 Å². The van der Waals surface area contributed by atoms with Crippen molar-refractivity contribution in [1.82, 2.24) is 10.6 Å². The predicted molar refractivity (Wildman–Crippen MR) is 46.1 cm³/mol. The quantitative estimate of drug-likeness (QED) is 0.428. The summed E-state index contributed by atoms with van der Waals surface area (Å²) in [5.74, 6) is -0.420. The summed E-state index contributed by atoms with van der Waals surface area (Å²) in [6, 6.07) is -0.343. The number of methoxy groups -OCH3 is 1. The van der Waals surface area contributed by atoms with E-state index >= 15 is 0 Å². The van der Waals surface area contributed by atoms with Crippen LogP contribution in [0, 0.1) is 0 Å². The van der Waals surface area contributed by atoms with Crippen molar-refractivity contribution in [3.05, 3.63) is 0 Å². The molecule has 5 heteroatoms. The molecule has 0 aromatic rings. The first-order valence-electron chi connectivity index (χ1n) is 4.30. The third-order valence-corrected chi connectivity index (χ3v) is 1.88. The van der Waals surface area contributed by atoms with Crippen LogP contribution in [-0.2, 0) is 14.3 Å². The minimum Gasteiger partial charge on any atom is -0.385 e. The molecule has 0 aromatic carbocycles. The van der Waals surface area contributed by atoms with Crippen molar-refractivity contribution in [2.75, 3.05) is 20.3 Å². The Morgan fingerprint density at radius 2 is 2.38 bits per heavy atom. The number of imide groups is 1. The molecule has 1 unspecified atom stereocenters. The highest BCUT2D eigenvalue weighted by atomic mass is 16.5. The average molecular weight is 186 g/mol. The first-order chi connectivity index (χ1) is 6.24. The Bertz CT molecular complexity index is 206. The fourth-order valence-electron chi connectivity index (χ4n) is 1.21. The van der Waals surface area contributed by atoms with Crippen LogP contribution in [0.25, 0.3) is 0 Å². The van der Waals surface area contributed by atoms with Crippen molar-refractivity contribution in [1.29, 1.82) is 0 Å². The van der Waals surface area contributed by atoms with Gasteiger partial charge in [-0.2, -0.15) is 0 Å². The lowest BCUT2D eigenvalue weighted by Crippen LogP contribution is -2.37. The molecule has 13 heavy (non-hydrogen) atoms. The Labute approximate surface area is 76.8 Å². The Morgan fingerprint density at radius 1 is 1.62 bits per heavy atom. The fraction of sp³-hybridized carbons (Fsp3) is 0.750. The van der Waals surface area contributed by atoms with Crippen LogP contribution in [0.3, 0.4) is 0 Å². The van der Waals surface area contributed by atoms with Crippen molar-refractivity contribution in [2.24, 2.45) is 0 Å². The lowest BCUT2D eigenvalue weighted by atomic mass is 10.2. The van der Waals surface area contributed by atoms with E-state index in [2.05, 4.69) is 10.6 Å². The summed E-state index contributed by atoms with van der Waals surface area (Å²) in [6.45, 7) is 1.36. The molecule has 0 radical (unpaired) electrons. The molecule has 2 amide bonds. The maximum Gasteiger partial charge on any atom is 0.244 e. The van der Waals surface area contributed by atoms with Gasteiger partial charge in [-0.3, -0.25) is 14.9 Å². The van der Waals surface area contributed by atoms with E-state index in [4.69, 9.17) is 4.74 Å². The molecule has 74 valence electrons. The highest BCUT2D eigenvalue weighted by molar-refractivity contribution is 6.05. The lowest BCUT2D eigenvalue weighted by Gasteiger charge is -2.07. The standard InChI is InChI=1S/C8H14N2O3/c1-13-4-2-3-9-6-5-7(11)10-8(6)12/h6,9H,2-5H2,1H3,(H,10,11,12). The minimum atomic E-state index is -0.343. The number of nitrogens with one attached hydrogen (secondary N) is 2. The van der Waals surface area contributed by atoms with E-state index in [1.807, 2.05) is 0 Å². The summed E-state index contributed by atoms with van der Waals surface area (Å²) >= 11 is 0. The number of hydrogen-bond donors (Lipinski definition) is 2. The van der Waals surface area contributed by atoms with Crippen LogP contribution in [0.2, 0.25) is 0 Å². The van der Waals surface area contributed by atoms with E-state index in [9.17, 15) is 9.59 Å². The molecule has 0 aromatic heterocycles. The second-order valence-corrected chi connectivity index (χ2v) is 2.97. The van der Waals surface area contributed by atoms with Crippen molar-refractivity contribution in [3.8, 4) is 0 Å². The second-order valence-electron chi connectivity index (χ2n) is 2.97. The van der Waals surface area contributed by atoms with Crippen LogP contribution in [-0.4, -0.2) is 38.1 Å². The first kappa shape index (κ1) is 10.1. The molecule has 1 atom stereocenters. The van der Waals surface area contributed by atoms with Gasteiger partial charge in [0.1, 0.15) is 0 Å². The highest BCUT2D eigenvalue weighted by Gasteiger charge is 2.29. The Balaban J connectivity index is 2.14. The summed E-state index contributed by atoms with van der Waals surface area (Å²) in [7, 11) is 1.63. The molecule has 0 saturated carbocycles. The van der Waals surface area contributed by atoms with Crippen LogP contribution in [0.1, 0.15) is 12.8 Å². The average Bonchev–Trinajstić information content (AvgIpc) is 2.39. The van der Waals surface area contributed by atoms with Crippen molar-refractivity contribution in [2.45, 2.75) is 18.9 Å². The maximum atomic E-state index is 11.0. The lowest BCUT2D eigenvalue weighted by molar-refractivity contribution is -0.125. The van der Waals surface area contributed by atoms with Gasteiger partial charge >= 0.3 is 0 Å². The monoisotopic (exact) mass is 186 g/mol. The van der Waals surface area contributed by atoms with E-state index < -0.39 is 0 Å². The van der Waals surface area contributed by atoms with Gasteiger partial charge in [0.25, 0.3) is 0 Å². The van der Waals surface area contributed by atoms with Gasteiger partial charge in [0.2, 0.25) is 11.8 Å². The van der Waals surface area contributed by atoms with Gasteiger partial charge in [-0.15, -0.1) is 0 Å². The van der Waals surface area contributed by atoms with Gasteiger partial charge in [-0.1, -0.05) is 0 Å². The van der Waals surface area contributed by atoms with Crippen LogP contribution in [0.15, 0.2) is 0 Å². The van der Waals surface area contributed by atoms with Crippen molar-refractivity contribution >= 4 is 11.8 Å². The molecule has 1 aliphatic rings. The summed E-state index contributed by atoms with van der Waals surface area (Å²) in [5.41, 5.74) is 0. The van der Waals surface area contributed by atoms with Crippen LogP contribution >= 0.6 is 0 Å². The largest absolute Gasteiger partial charge is 0.385 e. The Morgan fingerprint density at radius 3 is 2.92 bits per heavy atom. The number of carbonyl (C=O) groups is 2. The Hall–Kier alpha value is -0.940. The summed E-state index contributed by atoms with van der Waals surface area (Å²) < 4.78 is 4.85. The number of ether oxygens (including phenoxy) is 1. The van der Waals surface area contributed by atoms with Gasteiger partial charge in [0.05, 0.1) is 12.5 Å². The summed E-state index contributed by atoms with van der Waals surface area (Å²) in [5, 5.41) is 5.22. The van der Waals surface area contributed by atoms with Gasteiger partial charge < -0.3 is 10.1 Å². The minimum absolute atomic E-state index is 0.200. The fourth-order valence-corrected chi connectivity index (χ4v) is 1.21. The highest BCUT2D eigenvalue weighted by Crippen LogP contribution is 2.00. The third-order valence-electron chi connectivity index (χ3n) is 1.88. The number of amides is 2. The van der Waals surface area contributed by atoms with E-state index in [0.717, 1.165) is 6.42 Å². The predicted octanol–water partition coefficient (Wildman–Crippen LogP) is -0.972. The smallest absolute Gasteiger partial charge is 0.244 e. The van der Waals surface area contributed by atoms with Crippen molar-refractivity contribution < 1.29 is 14.3 Å². The molecule has 0 spiro atoms. The molecular weight excluding hydrogens is 172 g/mol. The molecule has 5 nitrogen and oxygen atoms in total. The number of hydrogen-bond acceptors (Lipinski definition) is 4. The van der Waals surface area contributed by atoms with Gasteiger partial charge in [0, 0.05) is 13.7 Å².